The molecule has 1 saturated heterocycles. The second kappa shape index (κ2) is 4.62. The first-order valence-electron chi connectivity index (χ1n) is 3.90. The van der Waals surface area contributed by atoms with E-state index in [1.54, 1.807) is 0 Å². The van der Waals surface area contributed by atoms with Crippen molar-refractivity contribution in [2.24, 2.45) is 0 Å². The molecule has 0 unspecified atom stereocenters. The van der Waals surface area contributed by atoms with Gasteiger partial charge < -0.3 is 4.90 Å². The lowest BCUT2D eigenvalue weighted by Crippen LogP contribution is -2.24. The Morgan fingerprint density at radius 1 is 1.20 bits per heavy atom. The van der Waals surface area contributed by atoms with Crippen molar-refractivity contribution in [1.82, 2.24) is 4.90 Å². The van der Waals surface area contributed by atoms with E-state index in [-0.39, 0.29) is 0 Å². The van der Waals surface area contributed by atoms with E-state index in [0.717, 1.165) is 0 Å². The van der Waals surface area contributed by atoms with Crippen LogP contribution in [0.5, 0.6) is 0 Å². The summed E-state index contributed by atoms with van der Waals surface area (Å²) in [6.45, 7) is 2.43. The van der Waals surface area contributed by atoms with Crippen LogP contribution in [0.2, 0.25) is 0 Å². The molecule has 0 atom stereocenters. The second-order valence-electron chi connectivity index (χ2n) is 2.64. The van der Waals surface area contributed by atoms with Gasteiger partial charge in [0.2, 0.25) is 0 Å². The first-order chi connectivity index (χ1) is 4.93. The molecule has 2 heteroatoms. The van der Waals surface area contributed by atoms with Crippen molar-refractivity contribution in [3.8, 4) is 0 Å². The SMILES string of the molecule is ClC/C=C/N1CCCCC1. The molecule has 0 aromatic rings. The molecular formula is C8H14ClN. The quantitative estimate of drug-likeness (QED) is 0.559. The molecule has 10 heavy (non-hydrogen) atoms. The Hall–Kier alpha value is -0.170. The predicted molar refractivity (Wildman–Crippen MR) is 45.3 cm³/mol. The molecular weight excluding hydrogens is 146 g/mol. The van der Waals surface area contributed by atoms with E-state index in [2.05, 4.69) is 11.1 Å². The highest BCUT2D eigenvalue weighted by molar-refractivity contribution is 6.18. The Balaban J connectivity index is 2.19. The predicted octanol–water partition coefficient (Wildman–Crippen LogP) is 2.22. The molecule has 1 nitrogen and oxygen atoms in total. The first-order valence-corrected chi connectivity index (χ1v) is 4.43. The normalized spacial score (nSPS) is 20.3. The Morgan fingerprint density at radius 3 is 2.50 bits per heavy atom. The van der Waals surface area contributed by atoms with E-state index in [1.807, 2.05) is 6.08 Å². The standard InChI is InChI=1S/C8H14ClN/c9-5-4-8-10-6-2-1-3-7-10/h4,8H,1-3,5-7H2/b8-4+. The maximum atomic E-state index is 5.51. The zero-order chi connectivity index (χ0) is 7.23. The van der Waals surface area contributed by atoms with Crippen LogP contribution in [0.15, 0.2) is 12.3 Å². The average molecular weight is 160 g/mol. The van der Waals surface area contributed by atoms with Crippen LogP contribution in [0.3, 0.4) is 0 Å². The number of hydrogen-bond acceptors (Lipinski definition) is 1. The van der Waals surface area contributed by atoms with Crippen molar-refractivity contribution in [3.63, 3.8) is 0 Å². The summed E-state index contributed by atoms with van der Waals surface area (Å²) in [4.78, 5) is 2.34. The Labute approximate surface area is 67.7 Å². The third-order valence-electron chi connectivity index (χ3n) is 1.80. The highest BCUT2D eigenvalue weighted by Gasteiger charge is 2.03. The van der Waals surface area contributed by atoms with Crippen LogP contribution in [0, 0.1) is 0 Å². The maximum absolute atomic E-state index is 5.51. The van der Waals surface area contributed by atoms with Crippen molar-refractivity contribution >= 4 is 11.6 Å². The van der Waals surface area contributed by atoms with Crippen molar-refractivity contribution in [3.05, 3.63) is 12.3 Å². The molecule has 1 fully saturated rings. The summed E-state index contributed by atoms with van der Waals surface area (Å²) in [5, 5.41) is 0. The third-order valence-corrected chi connectivity index (χ3v) is 1.97. The van der Waals surface area contributed by atoms with Crippen molar-refractivity contribution in [2.75, 3.05) is 19.0 Å². The van der Waals surface area contributed by atoms with E-state index in [4.69, 9.17) is 11.6 Å². The van der Waals surface area contributed by atoms with Gasteiger partial charge in [0.25, 0.3) is 0 Å². The molecule has 0 aromatic heterocycles. The van der Waals surface area contributed by atoms with E-state index in [9.17, 15) is 0 Å². The van der Waals surface area contributed by atoms with Gasteiger partial charge >= 0.3 is 0 Å². The van der Waals surface area contributed by atoms with Crippen LogP contribution in [-0.4, -0.2) is 23.9 Å². The smallest absolute Gasteiger partial charge is 0.0421 e. The molecule has 1 aliphatic heterocycles. The zero-order valence-electron chi connectivity index (χ0n) is 6.22. The lowest BCUT2D eigenvalue weighted by molar-refractivity contribution is 0.309. The zero-order valence-corrected chi connectivity index (χ0v) is 6.98. The van der Waals surface area contributed by atoms with Crippen molar-refractivity contribution in [1.29, 1.82) is 0 Å². The highest BCUT2D eigenvalue weighted by atomic mass is 35.5. The molecule has 0 amide bonds. The summed E-state index contributed by atoms with van der Waals surface area (Å²) >= 11 is 5.51. The van der Waals surface area contributed by atoms with Gasteiger partial charge in [-0.05, 0) is 25.5 Å². The van der Waals surface area contributed by atoms with Gasteiger partial charge in [-0.2, -0.15) is 0 Å². The number of rotatable bonds is 2. The summed E-state index contributed by atoms with van der Waals surface area (Å²) < 4.78 is 0. The highest BCUT2D eigenvalue weighted by Crippen LogP contribution is 2.08. The van der Waals surface area contributed by atoms with Gasteiger partial charge in [0, 0.05) is 19.0 Å². The fourth-order valence-corrected chi connectivity index (χ4v) is 1.34. The molecule has 0 saturated carbocycles. The fourth-order valence-electron chi connectivity index (χ4n) is 1.26. The molecule has 0 aliphatic carbocycles. The summed E-state index contributed by atoms with van der Waals surface area (Å²) in [6.07, 6.45) is 8.20. The van der Waals surface area contributed by atoms with Gasteiger partial charge in [0.05, 0.1) is 0 Å². The molecule has 1 heterocycles. The van der Waals surface area contributed by atoms with Crippen LogP contribution < -0.4 is 0 Å². The first kappa shape index (κ1) is 7.93. The van der Waals surface area contributed by atoms with E-state index < -0.39 is 0 Å². The monoisotopic (exact) mass is 159 g/mol. The van der Waals surface area contributed by atoms with Gasteiger partial charge in [0.15, 0.2) is 0 Å². The van der Waals surface area contributed by atoms with Crippen molar-refractivity contribution in [2.45, 2.75) is 19.3 Å². The number of nitrogens with zero attached hydrogens (tertiary/aromatic N) is 1. The minimum atomic E-state index is 0.635. The second-order valence-corrected chi connectivity index (χ2v) is 2.94. The van der Waals surface area contributed by atoms with E-state index in [0.29, 0.717) is 5.88 Å². The lowest BCUT2D eigenvalue weighted by atomic mass is 10.1. The van der Waals surface area contributed by atoms with Gasteiger partial charge in [-0.25, -0.2) is 0 Å². The van der Waals surface area contributed by atoms with E-state index in [1.165, 1.54) is 32.4 Å². The minimum absolute atomic E-state index is 0.635. The van der Waals surface area contributed by atoms with Crippen molar-refractivity contribution < 1.29 is 0 Å². The lowest BCUT2D eigenvalue weighted by Gasteiger charge is -2.24. The van der Waals surface area contributed by atoms with Gasteiger partial charge in [-0.3, -0.25) is 0 Å². The van der Waals surface area contributed by atoms with Crippen LogP contribution in [0.25, 0.3) is 0 Å². The van der Waals surface area contributed by atoms with Gasteiger partial charge in [-0.15, -0.1) is 11.6 Å². The average Bonchev–Trinajstić information content (AvgIpc) is 2.03. The summed E-state index contributed by atoms with van der Waals surface area (Å²) in [5.74, 6) is 0.635. The Kier molecular flexibility index (Phi) is 3.66. The number of allylic oxidation sites excluding steroid dienone is 1. The third kappa shape index (κ3) is 2.61. The minimum Gasteiger partial charge on any atom is -0.378 e. The topological polar surface area (TPSA) is 3.24 Å². The van der Waals surface area contributed by atoms with Crippen LogP contribution in [-0.2, 0) is 0 Å². The number of hydrogen-bond donors (Lipinski definition) is 0. The molecule has 1 rings (SSSR count). The molecule has 0 radical (unpaired) electrons. The van der Waals surface area contributed by atoms with Crippen LogP contribution >= 0.6 is 11.6 Å². The number of alkyl halides is 1. The summed E-state index contributed by atoms with van der Waals surface area (Å²) in [6, 6.07) is 0. The molecule has 0 bridgehead atoms. The Morgan fingerprint density at radius 2 is 1.90 bits per heavy atom. The van der Waals surface area contributed by atoms with Crippen LogP contribution in [0.4, 0.5) is 0 Å². The largest absolute Gasteiger partial charge is 0.378 e. The van der Waals surface area contributed by atoms with Gasteiger partial charge in [-0.1, -0.05) is 6.08 Å². The molecule has 0 aromatic carbocycles. The number of likely N-dealkylation sites (tertiary alicyclic amines) is 1. The molecule has 0 spiro atoms. The number of piperidine rings is 1. The number of halogens is 1. The molecule has 0 N–H and O–H groups in total. The fraction of sp³-hybridized carbons (Fsp3) is 0.750. The van der Waals surface area contributed by atoms with Crippen LogP contribution in [0.1, 0.15) is 19.3 Å². The van der Waals surface area contributed by atoms with Gasteiger partial charge in [0.1, 0.15) is 0 Å². The maximum Gasteiger partial charge on any atom is 0.0421 e. The summed E-state index contributed by atoms with van der Waals surface area (Å²) in [7, 11) is 0. The van der Waals surface area contributed by atoms with E-state index >= 15 is 0 Å². The summed E-state index contributed by atoms with van der Waals surface area (Å²) in [5.41, 5.74) is 0. The molecule has 1 aliphatic rings. The molecule has 58 valence electrons. The Bertz CT molecular complexity index is 106.